The third-order valence-electron chi connectivity index (χ3n) is 3.60. The second-order valence-electron chi connectivity index (χ2n) is 5.23. The van der Waals surface area contributed by atoms with Gasteiger partial charge in [-0.05, 0) is 25.1 Å². The van der Waals surface area contributed by atoms with Crippen molar-refractivity contribution in [2.75, 3.05) is 26.3 Å². The van der Waals surface area contributed by atoms with Crippen LogP contribution in [-0.4, -0.2) is 52.3 Å². The molecule has 1 aromatic heterocycles. The first-order chi connectivity index (χ1) is 11.0. The Morgan fingerprint density at radius 1 is 1.43 bits per heavy atom. The van der Waals surface area contributed by atoms with Crippen molar-refractivity contribution in [1.29, 1.82) is 0 Å². The molecule has 1 amide bonds. The van der Waals surface area contributed by atoms with E-state index in [2.05, 4.69) is 9.97 Å². The topological polar surface area (TPSA) is 75.3 Å². The summed E-state index contributed by atoms with van der Waals surface area (Å²) in [5.74, 6) is -0.499. The zero-order chi connectivity index (χ0) is 16.4. The summed E-state index contributed by atoms with van der Waals surface area (Å²) in [5.41, 5.74) is -0.00769. The van der Waals surface area contributed by atoms with Crippen LogP contribution in [0.1, 0.15) is 6.92 Å². The van der Waals surface area contributed by atoms with E-state index in [0.29, 0.717) is 37.0 Å². The number of hydrogen-bond donors (Lipinski definition) is 1. The number of carbonyl (C=O) groups is 1. The molecule has 0 spiro atoms. The maximum atomic E-state index is 13.2. The maximum Gasteiger partial charge on any atom is 0.259 e. The maximum absolute atomic E-state index is 13.2. The van der Waals surface area contributed by atoms with Crippen LogP contribution in [0.15, 0.2) is 28.2 Å². The number of halogens is 1. The van der Waals surface area contributed by atoms with E-state index in [1.54, 1.807) is 11.8 Å². The summed E-state index contributed by atoms with van der Waals surface area (Å²) in [6.07, 6.45) is 0. The van der Waals surface area contributed by atoms with Crippen molar-refractivity contribution in [3.05, 3.63) is 34.4 Å². The highest BCUT2D eigenvalue weighted by Crippen LogP contribution is 2.22. The van der Waals surface area contributed by atoms with Crippen LogP contribution in [0.4, 0.5) is 4.39 Å². The molecule has 8 heteroatoms. The number of fused-ring (bicyclic) bond motifs is 1. The zero-order valence-corrected chi connectivity index (χ0v) is 13.4. The van der Waals surface area contributed by atoms with Crippen molar-refractivity contribution in [2.24, 2.45) is 0 Å². The van der Waals surface area contributed by atoms with Gasteiger partial charge in [-0.1, -0.05) is 11.8 Å². The van der Waals surface area contributed by atoms with Gasteiger partial charge in [-0.3, -0.25) is 9.59 Å². The predicted octanol–water partition coefficient (Wildman–Crippen LogP) is 1.40. The molecule has 0 saturated carbocycles. The number of benzene rings is 1. The van der Waals surface area contributed by atoms with Crippen molar-refractivity contribution in [1.82, 2.24) is 14.9 Å². The lowest BCUT2D eigenvalue weighted by Crippen LogP contribution is -2.44. The highest BCUT2D eigenvalue weighted by Gasteiger charge is 2.24. The van der Waals surface area contributed by atoms with Crippen LogP contribution in [-0.2, 0) is 9.53 Å². The number of aromatic amines is 1. The summed E-state index contributed by atoms with van der Waals surface area (Å²) < 4.78 is 18.4. The van der Waals surface area contributed by atoms with Gasteiger partial charge < -0.3 is 14.6 Å². The number of nitrogens with one attached hydrogen (secondary N) is 1. The number of thioether (sulfide) groups is 1. The number of amides is 1. The number of morpholine rings is 1. The molecule has 0 bridgehead atoms. The van der Waals surface area contributed by atoms with E-state index in [0.717, 1.165) is 6.07 Å². The number of hydrogen-bond acceptors (Lipinski definition) is 5. The first-order valence-electron chi connectivity index (χ1n) is 7.27. The SMILES string of the molecule is CC(Sc1nc2ccc(F)cc2c(=O)[nH]1)C(=O)N1CCOCC1. The van der Waals surface area contributed by atoms with E-state index in [1.807, 2.05) is 0 Å². The van der Waals surface area contributed by atoms with Crippen molar-refractivity contribution in [2.45, 2.75) is 17.3 Å². The Balaban J connectivity index is 1.79. The molecule has 1 aliphatic heterocycles. The molecule has 1 atom stereocenters. The Morgan fingerprint density at radius 2 is 2.17 bits per heavy atom. The molecule has 1 fully saturated rings. The molecule has 122 valence electrons. The molecule has 3 rings (SSSR count). The summed E-state index contributed by atoms with van der Waals surface area (Å²) in [6.45, 7) is 4.01. The molecule has 23 heavy (non-hydrogen) atoms. The summed E-state index contributed by atoms with van der Waals surface area (Å²) in [6, 6.07) is 3.86. The summed E-state index contributed by atoms with van der Waals surface area (Å²) in [5, 5.41) is 0.166. The van der Waals surface area contributed by atoms with Crippen LogP contribution in [0.25, 0.3) is 10.9 Å². The Labute approximate surface area is 136 Å². The quantitative estimate of drug-likeness (QED) is 0.677. The predicted molar refractivity (Wildman–Crippen MR) is 85.0 cm³/mol. The van der Waals surface area contributed by atoms with E-state index < -0.39 is 11.4 Å². The second kappa shape index (κ2) is 6.67. The van der Waals surface area contributed by atoms with Gasteiger partial charge in [-0.15, -0.1) is 0 Å². The minimum absolute atomic E-state index is 0.0137. The Bertz CT molecular complexity index is 789. The van der Waals surface area contributed by atoms with E-state index in [-0.39, 0.29) is 16.5 Å². The molecular formula is C15H16FN3O3S. The van der Waals surface area contributed by atoms with Gasteiger partial charge in [0.05, 0.1) is 29.4 Å². The third-order valence-corrected chi connectivity index (χ3v) is 4.58. The van der Waals surface area contributed by atoms with Crippen LogP contribution >= 0.6 is 11.8 Å². The van der Waals surface area contributed by atoms with E-state index >= 15 is 0 Å². The lowest BCUT2D eigenvalue weighted by atomic mass is 10.2. The van der Waals surface area contributed by atoms with Crippen molar-refractivity contribution < 1.29 is 13.9 Å². The largest absolute Gasteiger partial charge is 0.378 e. The van der Waals surface area contributed by atoms with Crippen molar-refractivity contribution in [3.8, 4) is 0 Å². The van der Waals surface area contributed by atoms with Gasteiger partial charge in [-0.25, -0.2) is 9.37 Å². The minimum atomic E-state index is -0.485. The third kappa shape index (κ3) is 3.53. The summed E-state index contributed by atoms with van der Waals surface area (Å²) in [4.78, 5) is 33.0. The van der Waals surface area contributed by atoms with Gasteiger partial charge >= 0.3 is 0 Å². The number of nitrogens with zero attached hydrogens (tertiary/aromatic N) is 2. The molecule has 1 aliphatic rings. The van der Waals surface area contributed by atoms with E-state index in [9.17, 15) is 14.0 Å². The van der Waals surface area contributed by atoms with Crippen LogP contribution in [0.2, 0.25) is 0 Å². The standard InChI is InChI=1S/C15H16FN3O3S/c1-9(14(21)19-4-6-22-7-5-19)23-15-17-12-3-2-10(16)8-11(12)13(20)18-15/h2-3,8-9H,4-7H2,1H3,(H,17,18,20). The summed E-state index contributed by atoms with van der Waals surface area (Å²) >= 11 is 1.19. The molecule has 1 aromatic carbocycles. The van der Waals surface area contributed by atoms with Crippen LogP contribution in [0.3, 0.4) is 0 Å². The number of carbonyl (C=O) groups excluding carboxylic acids is 1. The van der Waals surface area contributed by atoms with Crippen LogP contribution in [0, 0.1) is 5.82 Å². The number of rotatable bonds is 3. The molecule has 1 unspecified atom stereocenters. The van der Waals surface area contributed by atoms with Gasteiger partial charge in [0.25, 0.3) is 5.56 Å². The van der Waals surface area contributed by atoms with Gasteiger partial charge in [0.2, 0.25) is 5.91 Å². The molecule has 0 radical (unpaired) electrons. The zero-order valence-electron chi connectivity index (χ0n) is 12.5. The second-order valence-corrected chi connectivity index (χ2v) is 6.56. The van der Waals surface area contributed by atoms with E-state index in [1.165, 1.54) is 23.9 Å². The van der Waals surface area contributed by atoms with Gasteiger partial charge in [0, 0.05) is 13.1 Å². The average Bonchev–Trinajstić information content (AvgIpc) is 2.55. The monoisotopic (exact) mass is 337 g/mol. The fraction of sp³-hybridized carbons (Fsp3) is 0.400. The minimum Gasteiger partial charge on any atom is -0.378 e. The molecule has 1 N–H and O–H groups in total. The Hall–Kier alpha value is -1.93. The highest BCUT2D eigenvalue weighted by molar-refractivity contribution is 8.00. The summed E-state index contributed by atoms with van der Waals surface area (Å²) in [7, 11) is 0. The Morgan fingerprint density at radius 3 is 2.91 bits per heavy atom. The lowest BCUT2D eigenvalue weighted by molar-refractivity contribution is -0.134. The molecule has 2 heterocycles. The smallest absolute Gasteiger partial charge is 0.259 e. The fourth-order valence-corrected chi connectivity index (χ4v) is 3.29. The van der Waals surface area contributed by atoms with Crippen molar-refractivity contribution in [3.63, 3.8) is 0 Å². The molecule has 6 nitrogen and oxygen atoms in total. The van der Waals surface area contributed by atoms with Gasteiger partial charge in [0.15, 0.2) is 5.16 Å². The van der Waals surface area contributed by atoms with Gasteiger partial charge in [-0.2, -0.15) is 0 Å². The average molecular weight is 337 g/mol. The van der Waals surface area contributed by atoms with Crippen LogP contribution in [0.5, 0.6) is 0 Å². The molecular weight excluding hydrogens is 321 g/mol. The van der Waals surface area contributed by atoms with E-state index in [4.69, 9.17) is 4.74 Å². The molecule has 2 aromatic rings. The number of aromatic nitrogens is 2. The first kappa shape index (κ1) is 15.9. The number of ether oxygens (including phenoxy) is 1. The Kier molecular flexibility index (Phi) is 4.63. The van der Waals surface area contributed by atoms with Crippen LogP contribution < -0.4 is 5.56 Å². The molecule has 1 saturated heterocycles. The lowest BCUT2D eigenvalue weighted by Gasteiger charge is -2.28. The first-order valence-corrected chi connectivity index (χ1v) is 8.15. The van der Waals surface area contributed by atoms with Crippen molar-refractivity contribution >= 4 is 28.6 Å². The number of H-pyrrole nitrogens is 1. The van der Waals surface area contributed by atoms with Gasteiger partial charge in [0.1, 0.15) is 5.82 Å². The highest BCUT2D eigenvalue weighted by atomic mass is 32.2. The molecule has 0 aliphatic carbocycles. The fourth-order valence-electron chi connectivity index (χ4n) is 2.40. The normalized spacial score (nSPS) is 16.5.